The first-order valence-corrected chi connectivity index (χ1v) is 6.69. The first kappa shape index (κ1) is 12.6. The third kappa shape index (κ3) is 3.91. The average molecular weight is 231 g/mol. The molecule has 0 bridgehead atoms. The minimum atomic E-state index is 0.100. The van der Waals surface area contributed by atoms with Gasteiger partial charge in [-0.05, 0) is 25.5 Å². The molecule has 1 saturated carbocycles. The number of rotatable bonds is 5. The van der Waals surface area contributed by atoms with E-state index in [0.29, 0.717) is 11.9 Å². The number of nitrogens with zero attached hydrogens (tertiary/aromatic N) is 1. The van der Waals surface area contributed by atoms with Crippen molar-refractivity contribution in [3.05, 3.63) is 0 Å². The van der Waals surface area contributed by atoms with E-state index < -0.39 is 0 Å². The van der Waals surface area contributed by atoms with Crippen molar-refractivity contribution in [3.8, 4) is 0 Å². The summed E-state index contributed by atoms with van der Waals surface area (Å²) >= 11 is 1.95. The molecule has 0 aromatic heterocycles. The number of hydrogen-bond donors (Lipinski definition) is 3. The SMILES string of the molecule is CSC1CCC(NCC(C)C(N)=NO)C1. The van der Waals surface area contributed by atoms with Crippen LogP contribution in [0.5, 0.6) is 0 Å². The molecule has 1 aliphatic carbocycles. The lowest BCUT2D eigenvalue weighted by molar-refractivity contribution is 0.313. The third-order valence-corrected chi connectivity index (χ3v) is 4.15. The maximum absolute atomic E-state index is 8.51. The Bertz CT molecular complexity index is 223. The summed E-state index contributed by atoms with van der Waals surface area (Å²) < 4.78 is 0. The van der Waals surface area contributed by atoms with Crippen LogP contribution in [-0.2, 0) is 0 Å². The predicted molar refractivity (Wildman–Crippen MR) is 65.5 cm³/mol. The molecule has 0 aliphatic heterocycles. The fourth-order valence-electron chi connectivity index (χ4n) is 1.89. The summed E-state index contributed by atoms with van der Waals surface area (Å²) in [6.45, 7) is 2.75. The Morgan fingerprint density at radius 1 is 1.67 bits per heavy atom. The summed E-state index contributed by atoms with van der Waals surface area (Å²) in [4.78, 5) is 0. The van der Waals surface area contributed by atoms with Crippen LogP contribution in [0.2, 0.25) is 0 Å². The van der Waals surface area contributed by atoms with Crippen molar-refractivity contribution in [1.29, 1.82) is 0 Å². The fraction of sp³-hybridized carbons (Fsp3) is 0.900. The van der Waals surface area contributed by atoms with Gasteiger partial charge in [0, 0.05) is 23.8 Å². The van der Waals surface area contributed by atoms with Gasteiger partial charge in [0.15, 0.2) is 0 Å². The van der Waals surface area contributed by atoms with Crippen molar-refractivity contribution in [2.24, 2.45) is 16.8 Å². The van der Waals surface area contributed by atoms with E-state index in [2.05, 4.69) is 16.7 Å². The minimum Gasteiger partial charge on any atom is -0.409 e. The highest BCUT2D eigenvalue weighted by Crippen LogP contribution is 2.28. The summed E-state index contributed by atoms with van der Waals surface area (Å²) in [6.07, 6.45) is 5.96. The first-order valence-electron chi connectivity index (χ1n) is 5.41. The van der Waals surface area contributed by atoms with Crippen LogP contribution >= 0.6 is 11.8 Å². The first-order chi connectivity index (χ1) is 7.17. The van der Waals surface area contributed by atoms with Gasteiger partial charge >= 0.3 is 0 Å². The standard InChI is InChI=1S/C10H21N3OS/c1-7(10(11)13-14)6-12-8-3-4-9(5-8)15-2/h7-9,12,14H,3-6H2,1-2H3,(H2,11,13). The van der Waals surface area contributed by atoms with E-state index in [4.69, 9.17) is 10.9 Å². The van der Waals surface area contributed by atoms with Gasteiger partial charge in [0.25, 0.3) is 0 Å². The van der Waals surface area contributed by atoms with Crippen LogP contribution in [0, 0.1) is 5.92 Å². The average Bonchev–Trinajstić information content (AvgIpc) is 2.72. The van der Waals surface area contributed by atoms with Crippen molar-refractivity contribution in [2.45, 2.75) is 37.5 Å². The number of nitrogens with two attached hydrogens (primary N) is 1. The van der Waals surface area contributed by atoms with Crippen molar-refractivity contribution in [3.63, 3.8) is 0 Å². The zero-order valence-corrected chi connectivity index (χ0v) is 10.3. The molecule has 4 nitrogen and oxygen atoms in total. The molecule has 0 aromatic rings. The van der Waals surface area contributed by atoms with E-state index in [0.717, 1.165) is 11.8 Å². The summed E-state index contributed by atoms with van der Waals surface area (Å²) in [5.74, 6) is 0.408. The summed E-state index contributed by atoms with van der Waals surface area (Å²) in [6, 6.07) is 0.608. The van der Waals surface area contributed by atoms with Crippen molar-refractivity contribution < 1.29 is 5.21 Å². The molecule has 0 heterocycles. The third-order valence-electron chi connectivity index (χ3n) is 3.05. The van der Waals surface area contributed by atoms with Crippen molar-refractivity contribution in [2.75, 3.05) is 12.8 Å². The molecular weight excluding hydrogens is 210 g/mol. The molecule has 1 aliphatic rings. The lowest BCUT2D eigenvalue weighted by Gasteiger charge is -2.16. The van der Waals surface area contributed by atoms with Crippen LogP contribution in [0.15, 0.2) is 5.16 Å². The van der Waals surface area contributed by atoms with Gasteiger partial charge in [-0.15, -0.1) is 0 Å². The maximum atomic E-state index is 8.51. The smallest absolute Gasteiger partial charge is 0.143 e. The lowest BCUT2D eigenvalue weighted by Crippen LogP contribution is -2.36. The van der Waals surface area contributed by atoms with Gasteiger partial charge in [0.2, 0.25) is 0 Å². The Kier molecular flexibility index (Phi) is 5.25. The Morgan fingerprint density at radius 3 is 2.93 bits per heavy atom. The van der Waals surface area contributed by atoms with Crippen molar-refractivity contribution >= 4 is 17.6 Å². The Labute approximate surface area is 95.7 Å². The molecule has 88 valence electrons. The largest absolute Gasteiger partial charge is 0.409 e. The second kappa shape index (κ2) is 6.23. The monoisotopic (exact) mass is 231 g/mol. The Balaban J connectivity index is 2.21. The Hall–Kier alpha value is -0.420. The van der Waals surface area contributed by atoms with Crippen LogP contribution < -0.4 is 11.1 Å². The van der Waals surface area contributed by atoms with Crippen molar-refractivity contribution in [1.82, 2.24) is 5.32 Å². The predicted octanol–water partition coefficient (Wildman–Crippen LogP) is 1.24. The van der Waals surface area contributed by atoms with Gasteiger partial charge in [-0.2, -0.15) is 11.8 Å². The molecule has 0 aromatic carbocycles. The summed E-state index contributed by atoms with van der Waals surface area (Å²) in [5.41, 5.74) is 5.51. The molecule has 0 amide bonds. The van der Waals surface area contributed by atoms with E-state index in [1.54, 1.807) is 0 Å². The van der Waals surface area contributed by atoms with E-state index in [1.165, 1.54) is 19.3 Å². The van der Waals surface area contributed by atoms with Gasteiger partial charge in [-0.1, -0.05) is 12.1 Å². The lowest BCUT2D eigenvalue weighted by atomic mass is 10.1. The second-order valence-electron chi connectivity index (χ2n) is 4.20. The fourth-order valence-corrected chi connectivity index (χ4v) is 2.68. The zero-order valence-electron chi connectivity index (χ0n) is 9.44. The molecule has 15 heavy (non-hydrogen) atoms. The van der Waals surface area contributed by atoms with E-state index in [-0.39, 0.29) is 5.92 Å². The summed E-state index contributed by atoms with van der Waals surface area (Å²) in [5, 5.41) is 15.8. The molecular formula is C10H21N3OS. The normalized spacial score (nSPS) is 29.3. The minimum absolute atomic E-state index is 0.100. The van der Waals surface area contributed by atoms with Crippen LogP contribution in [0.25, 0.3) is 0 Å². The molecule has 1 rings (SSSR count). The highest BCUT2D eigenvalue weighted by atomic mass is 32.2. The van der Waals surface area contributed by atoms with Gasteiger partial charge in [-0.3, -0.25) is 0 Å². The quantitative estimate of drug-likeness (QED) is 0.288. The van der Waals surface area contributed by atoms with Crippen LogP contribution in [-0.4, -0.2) is 35.1 Å². The van der Waals surface area contributed by atoms with Gasteiger partial charge in [0.1, 0.15) is 5.84 Å². The van der Waals surface area contributed by atoms with E-state index >= 15 is 0 Å². The molecule has 0 radical (unpaired) electrons. The molecule has 4 N–H and O–H groups in total. The Morgan fingerprint density at radius 2 is 2.40 bits per heavy atom. The maximum Gasteiger partial charge on any atom is 0.143 e. The number of nitrogens with one attached hydrogen (secondary N) is 1. The van der Waals surface area contributed by atoms with E-state index in [1.807, 2.05) is 18.7 Å². The van der Waals surface area contributed by atoms with Gasteiger partial charge in [-0.25, -0.2) is 0 Å². The topological polar surface area (TPSA) is 70.6 Å². The molecule has 3 atom stereocenters. The van der Waals surface area contributed by atoms with Crippen LogP contribution in [0.4, 0.5) is 0 Å². The van der Waals surface area contributed by atoms with E-state index in [9.17, 15) is 0 Å². The van der Waals surface area contributed by atoms with Gasteiger partial charge < -0.3 is 16.3 Å². The highest BCUT2D eigenvalue weighted by molar-refractivity contribution is 7.99. The molecule has 0 saturated heterocycles. The number of hydrogen-bond acceptors (Lipinski definition) is 4. The number of amidine groups is 1. The molecule has 3 unspecified atom stereocenters. The zero-order chi connectivity index (χ0) is 11.3. The number of oxime groups is 1. The highest BCUT2D eigenvalue weighted by Gasteiger charge is 2.23. The van der Waals surface area contributed by atoms with Crippen LogP contribution in [0.1, 0.15) is 26.2 Å². The molecule has 0 spiro atoms. The van der Waals surface area contributed by atoms with Gasteiger partial charge in [0.05, 0.1) is 0 Å². The second-order valence-corrected chi connectivity index (χ2v) is 5.34. The summed E-state index contributed by atoms with van der Waals surface area (Å²) in [7, 11) is 0. The molecule has 1 fully saturated rings. The molecule has 5 heteroatoms. The van der Waals surface area contributed by atoms with Crippen LogP contribution in [0.3, 0.4) is 0 Å². The number of thioether (sulfide) groups is 1.